The van der Waals surface area contributed by atoms with Crippen molar-refractivity contribution in [3.05, 3.63) is 73.8 Å². The summed E-state index contributed by atoms with van der Waals surface area (Å²) in [5.41, 5.74) is 4.28. The number of aromatic nitrogens is 2. The molecule has 7 heteroatoms. The van der Waals surface area contributed by atoms with Crippen molar-refractivity contribution < 1.29 is 4.79 Å². The second kappa shape index (κ2) is 7.81. The van der Waals surface area contributed by atoms with E-state index in [-0.39, 0.29) is 11.5 Å². The van der Waals surface area contributed by atoms with E-state index in [1.54, 1.807) is 22.2 Å². The van der Waals surface area contributed by atoms with E-state index in [9.17, 15) is 9.59 Å². The van der Waals surface area contributed by atoms with Gasteiger partial charge in [-0.15, -0.1) is 22.7 Å². The first-order valence-corrected chi connectivity index (χ1v) is 11.7. The number of hydrogen-bond donors (Lipinski definition) is 0. The van der Waals surface area contributed by atoms with Crippen LogP contribution in [0.1, 0.15) is 22.4 Å². The molecule has 0 spiro atoms. The van der Waals surface area contributed by atoms with Crippen LogP contribution in [0.25, 0.3) is 21.3 Å². The maximum Gasteiger partial charge on any atom is 0.262 e. The second-order valence-electron chi connectivity index (χ2n) is 7.62. The minimum Gasteiger partial charge on any atom is -0.338 e. The van der Waals surface area contributed by atoms with E-state index in [0.717, 1.165) is 28.9 Å². The summed E-state index contributed by atoms with van der Waals surface area (Å²) in [5.74, 6) is 0.0860. The topological polar surface area (TPSA) is 55.2 Å². The summed E-state index contributed by atoms with van der Waals surface area (Å²) in [6.07, 6.45) is 2.79. The molecule has 4 heterocycles. The lowest BCUT2D eigenvalue weighted by atomic mass is 10.1. The Labute approximate surface area is 182 Å². The molecule has 0 fully saturated rings. The largest absolute Gasteiger partial charge is 0.338 e. The predicted octanol–water partition coefficient (Wildman–Crippen LogP) is 4.47. The first-order chi connectivity index (χ1) is 14.6. The Morgan fingerprint density at radius 3 is 2.83 bits per heavy atom. The number of carbonyl (C=O) groups excluding carboxylic acids is 1. The molecule has 0 radical (unpaired) electrons. The SMILES string of the molecule is Cc1ccc(-c2csc3ncn(CCC(=O)N4CCc5sccc5C4)c(=O)c23)cc1. The van der Waals surface area contributed by atoms with Crippen LogP contribution in [0.15, 0.2) is 52.2 Å². The molecule has 1 aliphatic heterocycles. The summed E-state index contributed by atoms with van der Waals surface area (Å²) in [7, 11) is 0. The molecule has 152 valence electrons. The summed E-state index contributed by atoms with van der Waals surface area (Å²) in [6.45, 7) is 3.81. The van der Waals surface area contributed by atoms with Crippen molar-refractivity contribution in [2.45, 2.75) is 32.9 Å². The minimum absolute atomic E-state index is 0.0802. The fraction of sp³-hybridized carbons (Fsp3) is 0.261. The molecule has 0 bridgehead atoms. The van der Waals surface area contributed by atoms with Gasteiger partial charge >= 0.3 is 0 Å². The van der Waals surface area contributed by atoms with E-state index < -0.39 is 0 Å². The minimum atomic E-state index is -0.0802. The highest BCUT2D eigenvalue weighted by molar-refractivity contribution is 7.17. The molecule has 0 aliphatic carbocycles. The molecule has 0 N–H and O–H groups in total. The van der Waals surface area contributed by atoms with Crippen LogP contribution in [-0.2, 0) is 24.3 Å². The molecule has 1 amide bonds. The zero-order chi connectivity index (χ0) is 20.7. The molecule has 5 rings (SSSR count). The van der Waals surface area contributed by atoms with Gasteiger partial charge in [0, 0.05) is 41.9 Å². The highest BCUT2D eigenvalue weighted by Gasteiger charge is 2.21. The Hall–Kier alpha value is -2.77. The summed E-state index contributed by atoms with van der Waals surface area (Å²) in [5, 5.41) is 4.72. The van der Waals surface area contributed by atoms with Crippen molar-refractivity contribution in [3.63, 3.8) is 0 Å². The summed E-state index contributed by atoms with van der Waals surface area (Å²) < 4.78 is 1.57. The van der Waals surface area contributed by atoms with Crippen LogP contribution in [0.2, 0.25) is 0 Å². The molecule has 5 nitrogen and oxygen atoms in total. The monoisotopic (exact) mass is 435 g/mol. The van der Waals surface area contributed by atoms with Crippen molar-refractivity contribution in [2.24, 2.45) is 0 Å². The van der Waals surface area contributed by atoms with Crippen molar-refractivity contribution in [1.29, 1.82) is 0 Å². The van der Waals surface area contributed by atoms with Crippen LogP contribution in [0.5, 0.6) is 0 Å². The zero-order valence-corrected chi connectivity index (χ0v) is 18.3. The van der Waals surface area contributed by atoms with E-state index in [4.69, 9.17) is 0 Å². The van der Waals surface area contributed by atoms with Gasteiger partial charge in [-0.3, -0.25) is 14.2 Å². The van der Waals surface area contributed by atoms with Crippen LogP contribution in [0.3, 0.4) is 0 Å². The number of nitrogens with zero attached hydrogens (tertiary/aromatic N) is 3. The van der Waals surface area contributed by atoms with Gasteiger partial charge in [-0.05, 0) is 35.9 Å². The molecular weight excluding hydrogens is 414 g/mol. The quantitative estimate of drug-likeness (QED) is 0.475. The third kappa shape index (κ3) is 3.48. The summed E-state index contributed by atoms with van der Waals surface area (Å²) in [4.78, 5) is 34.4. The van der Waals surface area contributed by atoms with E-state index in [2.05, 4.69) is 16.4 Å². The molecule has 0 saturated heterocycles. The van der Waals surface area contributed by atoms with Crippen LogP contribution in [0, 0.1) is 6.92 Å². The Morgan fingerprint density at radius 2 is 2.00 bits per heavy atom. The molecule has 4 aromatic rings. The maximum absolute atomic E-state index is 13.2. The van der Waals surface area contributed by atoms with Gasteiger partial charge in [-0.1, -0.05) is 29.8 Å². The Morgan fingerprint density at radius 1 is 1.17 bits per heavy atom. The molecule has 0 saturated carbocycles. The van der Waals surface area contributed by atoms with Gasteiger partial charge in [-0.2, -0.15) is 0 Å². The lowest BCUT2D eigenvalue weighted by Crippen LogP contribution is -2.36. The Balaban J connectivity index is 1.37. The fourth-order valence-corrected chi connectivity index (χ4v) is 5.70. The zero-order valence-electron chi connectivity index (χ0n) is 16.6. The molecule has 0 unspecified atom stereocenters. The van der Waals surface area contributed by atoms with Crippen molar-refractivity contribution >= 4 is 38.8 Å². The number of benzene rings is 1. The average molecular weight is 436 g/mol. The number of carbonyl (C=O) groups is 1. The Bertz CT molecular complexity index is 1280. The van der Waals surface area contributed by atoms with Gasteiger partial charge in [-0.25, -0.2) is 4.98 Å². The van der Waals surface area contributed by atoms with E-state index in [1.807, 2.05) is 41.5 Å². The number of aryl methyl sites for hydroxylation is 2. The standard InChI is InChI=1S/C23H21N3O2S2/c1-15-2-4-16(5-3-15)18-13-30-22-21(18)23(28)26(14-24-22)10-7-20(27)25-9-6-19-17(12-25)8-11-29-19/h2-5,8,11,13-14H,6-7,9-10,12H2,1H3. The number of thiophene rings is 2. The smallest absolute Gasteiger partial charge is 0.262 e. The number of amides is 1. The van der Waals surface area contributed by atoms with Crippen molar-refractivity contribution in [3.8, 4) is 11.1 Å². The van der Waals surface area contributed by atoms with Crippen molar-refractivity contribution in [1.82, 2.24) is 14.5 Å². The van der Waals surface area contributed by atoms with Gasteiger partial charge in [0.25, 0.3) is 5.56 Å². The average Bonchev–Trinajstić information content (AvgIpc) is 3.40. The first-order valence-electron chi connectivity index (χ1n) is 9.97. The van der Waals surface area contributed by atoms with Gasteiger partial charge in [0.1, 0.15) is 4.83 Å². The van der Waals surface area contributed by atoms with Crippen LogP contribution < -0.4 is 5.56 Å². The third-order valence-electron chi connectivity index (χ3n) is 5.65. The first kappa shape index (κ1) is 19.2. The molecular formula is C23H21N3O2S2. The summed E-state index contributed by atoms with van der Waals surface area (Å²) in [6, 6.07) is 10.3. The number of fused-ring (bicyclic) bond motifs is 2. The third-order valence-corrected chi connectivity index (χ3v) is 7.56. The molecule has 1 aliphatic rings. The van der Waals surface area contributed by atoms with E-state index in [1.165, 1.54) is 27.3 Å². The van der Waals surface area contributed by atoms with Crippen LogP contribution in [-0.4, -0.2) is 26.9 Å². The van der Waals surface area contributed by atoms with E-state index >= 15 is 0 Å². The molecule has 30 heavy (non-hydrogen) atoms. The molecule has 1 aromatic carbocycles. The summed E-state index contributed by atoms with van der Waals surface area (Å²) >= 11 is 3.24. The van der Waals surface area contributed by atoms with Gasteiger partial charge in [0.05, 0.1) is 11.7 Å². The fourth-order valence-electron chi connectivity index (χ4n) is 3.91. The highest BCUT2D eigenvalue weighted by atomic mass is 32.1. The molecule has 0 atom stereocenters. The van der Waals surface area contributed by atoms with E-state index in [0.29, 0.717) is 24.9 Å². The van der Waals surface area contributed by atoms with Crippen molar-refractivity contribution in [2.75, 3.05) is 6.54 Å². The normalized spacial score (nSPS) is 13.6. The predicted molar refractivity (Wildman–Crippen MR) is 122 cm³/mol. The lowest BCUT2D eigenvalue weighted by Gasteiger charge is -2.27. The number of hydrogen-bond acceptors (Lipinski definition) is 5. The van der Waals surface area contributed by atoms with Crippen LogP contribution in [0.4, 0.5) is 0 Å². The Kier molecular flexibility index (Phi) is 5.00. The lowest BCUT2D eigenvalue weighted by molar-refractivity contribution is -0.132. The second-order valence-corrected chi connectivity index (χ2v) is 9.48. The highest BCUT2D eigenvalue weighted by Crippen LogP contribution is 2.30. The van der Waals surface area contributed by atoms with Crippen LogP contribution >= 0.6 is 22.7 Å². The molecule has 3 aromatic heterocycles. The van der Waals surface area contributed by atoms with Gasteiger partial charge in [0.15, 0.2) is 0 Å². The maximum atomic E-state index is 13.2. The van der Waals surface area contributed by atoms with Gasteiger partial charge < -0.3 is 4.90 Å². The number of rotatable bonds is 4. The van der Waals surface area contributed by atoms with Gasteiger partial charge in [0.2, 0.25) is 5.91 Å².